The van der Waals surface area contributed by atoms with Gasteiger partial charge in [-0.05, 0) is 92.1 Å². The monoisotopic (exact) mass is 426 g/mol. The largest absolute Gasteiger partial charge is 0.458 e. The summed E-state index contributed by atoms with van der Waals surface area (Å²) in [4.78, 5) is 13.1. The van der Waals surface area contributed by atoms with Crippen molar-refractivity contribution in [2.45, 2.75) is 83.8 Å². The van der Waals surface area contributed by atoms with E-state index in [2.05, 4.69) is 13.8 Å². The van der Waals surface area contributed by atoms with Gasteiger partial charge in [-0.25, -0.2) is 4.79 Å². The third-order valence-electron chi connectivity index (χ3n) is 10.5. The Hall–Kier alpha value is -1.39. The van der Waals surface area contributed by atoms with E-state index in [-0.39, 0.29) is 40.8 Å². The second-order valence-corrected chi connectivity index (χ2v) is 12.0. The highest BCUT2D eigenvalue weighted by molar-refractivity contribution is 5.89. The molecule has 170 valence electrons. The molecule has 0 amide bonds. The first-order chi connectivity index (χ1) is 14.7. The molecule has 2 bridgehead atoms. The SMILES string of the molecule is C[C@]1(CO)CCC[C@]2(C)[C@@H]1[C@@H](OC(=O)c1ccccc1)C[C@@H]1C[C@H]3C[C@]12CC[C@@]3(C)O. The summed E-state index contributed by atoms with van der Waals surface area (Å²) < 4.78 is 6.30. The first-order valence-electron chi connectivity index (χ1n) is 12.2. The maximum atomic E-state index is 13.1. The molecule has 4 saturated carbocycles. The lowest BCUT2D eigenvalue weighted by molar-refractivity contribution is -0.220. The number of carbonyl (C=O) groups excluding carboxylic acids is 1. The van der Waals surface area contributed by atoms with Crippen molar-refractivity contribution >= 4 is 5.97 Å². The van der Waals surface area contributed by atoms with E-state index in [0.717, 1.165) is 51.4 Å². The summed E-state index contributed by atoms with van der Waals surface area (Å²) in [7, 11) is 0. The van der Waals surface area contributed by atoms with Gasteiger partial charge >= 0.3 is 5.97 Å². The van der Waals surface area contributed by atoms with Crippen molar-refractivity contribution in [3.8, 4) is 0 Å². The fraction of sp³-hybridized carbons (Fsp3) is 0.741. The number of aliphatic hydroxyl groups is 2. The number of aliphatic hydroxyl groups excluding tert-OH is 1. The highest BCUT2D eigenvalue weighted by Crippen LogP contribution is 2.75. The van der Waals surface area contributed by atoms with Gasteiger partial charge in [-0.2, -0.15) is 0 Å². The van der Waals surface area contributed by atoms with Gasteiger partial charge in [-0.15, -0.1) is 0 Å². The van der Waals surface area contributed by atoms with E-state index in [1.807, 2.05) is 37.3 Å². The number of ether oxygens (including phenoxy) is 1. The molecule has 4 aliphatic rings. The Labute approximate surface area is 186 Å². The van der Waals surface area contributed by atoms with Gasteiger partial charge in [0.1, 0.15) is 6.10 Å². The van der Waals surface area contributed by atoms with Gasteiger partial charge < -0.3 is 14.9 Å². The summed E-state index contributed by atoms with van der Waals surface area (Å²) in [5, 5.41) is 21.6. The van der Waals surface area contributed by atoms with Crippen molar-refractivity contribution in [1.82, 2.24) is 0 Å². The Morgan fingerprint density at radius 2 is 1.77 bits per heavy atom. The number of hydrogen-bond donors (Lipinski definition) is 2. The van der Waals surface area contributed by atoms with Crippen LogP contribution in [0, 0.1) is 34.0 Å². The van der Waals surface area contributed by atoms with Crippen LogP contribution in [0.3, 0.4) is 0 Å². The number of fused-ring (bicyclic) bond motifs is 2. The van der Waals surface area contributed by atoms with Crippen LogP contribution in [0.4, 0.5) is 0 Å². The van der Waals surface area contributed by atoms with Crippen molar-refractivity contribution < 1.29 is 19.7 Å². The van der Waals surface area contributed by atoms with Crippen LogP contribution in [0.5, 0.6) is 0 Å². The molecule has 4 nitrogen and oxygen atoms in total. The number of carbonyl (C=O) groups is 1. The van der Waals surface area contributed by atoms with E-state index in [0.29, 0.717) is 17.4 Å². The minimum Gasteiger partial charge on any atom is -0.458 e. The molecule has 4 aliphatic carbocycles. The molecule has 1 aromatic rings. The lowest BCUT2D eigenvalue weighted by Gasteiger charge is -2.67. The molecule has 0 unspecified atom stereocenters. The van der Waals surface area contributed by atoms with Crippen molar-refractivity contribution in [2.75, 3.05) is 6.61 Å². The molecular formula is C27H38O4. The molecule has 0 saturated heterocycles. The molecule has 2 N–H and O–H groups in total. The summed E-state index contributed by atoms with van der Waals surface area (Å²) in [5.74, 6) is 0.698. The van der Waals surface area contributed by atoms with Gasteiger partial charge in [-0.3, -0.25) is 0 Å². The zero-order valence-electron chi connectivity index (χ0n) is 19.3. The van der Waals surface area contributed by atoms with Gasteiger partial charge in [-0.1, -0.05) is 38.5 Å². The standard InChI is InChI=1S/C27H38O4/c1-24(17-28)10-7-11-25(2)22(24)21(31-23(29)18-8-5-4-6-9-18)15-19-14-20-16-27(19,25)13-12-26(20,3)30/h4-6,8-9,19-22,28,30H,7,10-17H2,1-3H3/t19-,20-,21-,22+,24+,25+,26+,27+/m0/s1. The average molecular weight is 427 g/mol. The second kappa shape index (κ2) is 7.05. The third kappa shape index (κ3) is 2.97. The van der Waals surface area contributed by atoms with E-state index < -0.39 is 5.60 Å². The Kier molecular flexibility index (Phi) is 4.88. The molecule has 31 heavy (non-hydrogen) atoms. The van der Waals surface area contributed by atoms with Crippen molar-refractivity contribution in [1.29, 1.82) is 0 Å². The van der Waals surface area contributed by atoms with Gasteiger partial charge in [0, 0.05) is 12.5 Å². The van der Waals surface area contributed by atoms with Gasteiger partial charge in [0.15, 0.2) is 0 Å². The molecule has 0 aromatic heterocycles. The predicted octanol–water partition coefficient (Wildman–Crippen LogP) is 4.98. The van der Waals surface area contributed by atoms with Crippen LogP contribution in [0.15, 0.2) is 30.3 Å². The lowest BCUT2D eigenvalue weighted by Crippen LogP contribution is -2.64. The Morgan fingerprint density at radius 1 is 1.03 bits per heavy atom. The maximum absolute atomic E-state index is 13.1. The highest BCUT2D eigenvalue weighted by atomic mass is 16.5. The highest BCUT2D eigenvalue weighted by Gasteiger charge is 2.71. The van der Waals surface area contributed by atoms with Gasteiger partial charge in [0.25, 0.3) is 0 Å². The number of benzene rings is 1. The third-order valence-corrected chi connectivity index (χ3v) is 10.5. The average Bonchev–Trinajstić information content (AvgIpc) is 3.09. The van der Waals surface area contributed by atoms with E-state index in [1.54, 1.807) is 0 Å². The topological polar surface area (TPSA) is 66.8 Å². The fourth-order valence-electron chi connectivity index (χ4n) is 8.87. The summed E-state index contributed by atoms with van der Waals surface area (Å²) >= 11 is 0. The van der Waals surface area contributed by atoms with Gasteiger partial charge in [0.2, 0.25) is 0 Å². The number of hydrogen-bond acceptors (Lipinski definition) is 4. The summed E-state index contributed by atoms with van der Waals surface area (Å²) in [5.41, 5.74) is -0.0270. The van der Waals surface area contributed by atoms with Crippen LogP contribution >= 0.6 is 0 Å². The van der Waals surface area contributed by atoms with Crippen LogP contribution < -0.4 is 0 Å². The number of rotatable bonds is 3. The van der Waals surface area contributed by atoms with Crippen LogP contribution in [0.1, 0.15) is 82.5 Å². The molecule has 8 atom stereocenters. The molecule has 4 heteroatoms. The molecule has 1 aromatic carbocycles. The summed E-state index contributed by atoms with van der Waals surface area (Å²) in [6.07, 6.45) is 7.91. The van der Waals surface area contributed by atoms with E-state index in [9.17, 15) is 15.0 Å². The minimum absolute atomic E-state index is 0.0124. The van der Waals surface area contributed by atoms with Crippen LogP contribution in [0.25, 0.3) is 0 Å². The summed E-state index contributed by atoms with van der Waals surface area (Å²) in [6, 6.07) is 9.29. The normalized spacial score (nSPS) is 48.5. The molecule has 4 fully saturated rings. The van der Waals surface area contributed by atoms with E-state index >= 15 is 0 Å². The number of esters is 1. The molecule has 0 radical (unpaired) electrons. The summed E-state index contributed by atoms with van der Waals surface area (Å²) in [6.45, 7) is 6.80. The Bertz CT molecular complexity index is 850. The molecule has 0 aliphatic heterocycles. The van der Waals surface area contributed by atoms with Crippen LogP contribution in [-0.4, -0.2) is 34.5 Å². The quantitative estimate of drug-likeness (QED) is 0.669. The smallest absolute Gasteiger partial charge is 0.338 e. The minimum atomic E-state index is -0.584. The zero-order chi connectivity index (χ0) is 22.1. The van der Waals surface area contributed by atoms with Crippen molar-refractivity contribution in [2.24, 2.45) is 34.0 Å². The molecule has 0 heterocycles. The van der Waals surface area contributed by atoms with E-state index in [1.165, 1.54) is 0 Å². The fourth-order valence-corrected chi connectivity index (χ4v) is 8.87. The van der Waals surface area contributed by atoms with Crippen molar-refractivity contribution in [3.63, 3.8) is 0 Å². The van der Waals surface area contributed by atoms with Gasteiger partial charge in [0.05, 0.1) is 11.2 Å². The van der Waals surface area contributed by atoms with Crippen molar-refractivity contribution in [3.05, 3.63) is 35.9 Å². The zero-order valence-corrected chi connectivity index (χ0v) is 19.3. The Morgan fingerprint density at radius 3 is 2.48 bits per heavy atom. The molecular weight excluding hydrogens is 388 g/mol. The van der Waals surface area contributed by atoms with Crippen LogP contribution in [0.2, 0.25) is 0 Å². The molecule has 5 rings (SSSR count). The maximum Gasteiger partial charge on any atom is 0.338 e. The predicted molar refractivity (Wildman–Crippen MR) is 119 cm³/mol. The lowest BCUT2D eigenvalue weighted by atomic mass is 9.39. The van der Waals surface area contributed by atoms with E-state index in [4.69, 9.17) is 4.74 Å². The van der Waals surface area contributed by atoms with Crippen LogP contribution in [-0.2, 0) is 4.74 Å². The second-order valence-electron chi connectivity index (χ2n) is 12.0. The molecule has 1 spiro atoms. The first-order valence-corrected chi connectivity index (χ1v) is 12.2. The Balaban J connectivity index is 1.55. The first kappa shape index (κ1) is 21.5.